The fourth-order valence-electron chi connectivity index (χ4n) is 2.51. The zero-order valence-corrected chi connectivity index (χ0v) is 15.5. The fourth-order valence-corrected chi connectivity index (χ4v) is 3.30. The first-order valence-corrected chi connectivity index (χ1v) is 9.72. The van der Waals surface area contributed by atoms with Gasteiger partial charge < -0.3 is 10.6 Å². The monoisotopic (exact) mass is 362 g/mol. The lowest BCUT2D eigenvalue weighted by Crippen LogP contribution is -2.42. The summed E-state index contributed by atoms with van der Waals surface area (Å²) >= 11 is 1.78. The van der Waals surface area contributed by atoms with E-state index in [0.717, 1.165) is 18.8 Å². The number of carbonyl (C=O) groups is 2. The van der Waals surface area contributed by atoms with Crippen molar-refractivity contribution in [2.24, 2.45) is 4.99 Å². The Bertz CT molecular complexity index is 576. The summed E-state index contributed by atoms with van der Waals surface area (Å²) in [7, 11) is 0. The number of likely N-dealkylation sites (tertiary alicyclic amines) is 1. The van der Waals surface area contributed by atoms with Crippen LogP contribution >= 0.6 is 11.8 Å². The highest BCUT2D eigenvalue weighted by molar-refractivity contribution is 7.99. The SMILES string of the molecule is CCNC(=NCCN1C(=O)CCCC1=O)NCCSc1ccccc1. The minimum absolute atomic E-state index is 0.0799. The van der Waals surface area contributed by atoms with E-state index >= 15 is 0 Å². The molecule has 0 bridgehead atoms. The van der Waals surface area contributed by atoms with Crippen LogP contribution in [0.15, 0.2) is 40.2 Å². The van der Waals surface area contributed by atoms with Crippen molar-refractivity contribution in [1.82, 2.24) is 15.5 Å². The summed E-state index contributed by atoms with van der Waals surface area (Å²) in [6.07, 6.45) is 1.59. The molecule has 25 heavy (non-hydrogen) atoms. The number of thioether (sulfide) groups is 1. The van der Waals surface area contributed by atoms with Crippen LogP contribution in [0.25, 0.3) is 0 Å². The van der Waals surface area contributed by atoms with E-state index in [1.165, 1.54) is 9.80 Å². The molecule has 1 aromatic carbocycles. The molecule has 0 radical (unpaired) electrons. The Morgan fingerprint density at radius 1 is 1.16 bits per heavy atom. The van der Waals surface area contributed by atoms with Gasteiger partial charge in [-0.2, -0.15) is 0 Å². The van der Waals surface area contributed by atoms with Crippen LogP contribution in [-0.4, -0.2) is 54.6 Å². The molecule has 0 aliphatic carbocycles. The lowest BCUT2D eigenvalue weighted by atomic mass is 10.1. The van der Waals surface area contributed by atoms with Crippen molar-refractivity contribution in [1.29, 1.82) is 0 Å². The minimum Gasteiger partial charge on any atom is -0.357 e. The molecule has 0 saturated carbocycles. The molecule has 1 fully saturated rings. The topological polar surface area (TPSA) is 73.8 Å². The predicted molar refractivity (Wildman–Crippen MR) is 102 cm³/mol. The highest BCUT2D eigenvalue weighted by atomic mass is 32.2. The van der Waals surface area contributed by atoms with Crippen molar-refractivity contribution in [3.63, 3.8) is 0 Å². The van der Waals surface area contributed by atoms with E-state index in [1.54, 1.807) is 11.8 Å². The van der Waals surface area contributed by atoms with E-state index in [4.69, 9.17) is 0 Å². The second-order valence-electron chi connectivity index (χ2n) is 5.64. The maximum atomic E-state index is 11.8. The van der Waals surface area contributed by atoms with Gasteiger partial charge in [-0.25, -0.2) is 0 Å². The minimum atomic E-state index is -0.0799. The number of hydrogen-bond acceptors (Lipinski definition) is 4. The van der Waals surface area contributed by atoms with Crippen LogP contribution in [0, 0.1) is 0 Å². The van der Waals surface area contributed by atoms with E-state index < -0.39 is 0 Å². The summed E-state index contributed by atoms with van der Waals surface area (Å²) in [6.45, 7) is 4.32. The molecule has 1 aromatic rings. The molecule has 2 rings (SSSR count). The summed E-state index contributed by atoms with van der Waals surface area (Å²) in [5.41, 5.74) is 0. The highest BCUT2D eigenvalue weighted by Gasteiger charge is 2.24. The zero-order valence-electron chi connectivity index (χ0n) is 14.7. The summed E-state index contributed by atoms with van der Waals surface area (Å²) in [5.74, 6) is 1.48. The van der Waals surface area contributed by atoms with E-state index in [0.29, 0.717) is 38.3 Å². The molecule has 0 aromatic heterocycles. The smallest absolute Gasteiger partial charge is 0.229 e. The Balaban J connectivity index is 1.73. The number of hydrogen-bond donors (Lipinski definition) is 2. The number of carbonyl (C=O) groups excluding carboxylic acids is 2. The second kappa shape index (κ2) is 10.8. The standard InChI is InChI=1S/C18H26N4O2S/c1-2-19-18(21-12-14-25-15-7-4-3-5-8-15)20-11-13-22-16(23)9-6-10-17(22)24/h3-5,7-8H,2,6,9-14H2,1H3,(H2,19,20,21). The summed E-state index contributed by atoms with van der Waals surface area (Å²) < 4.78 is 0. The average Bonchev–Trinajstić information content (AvgIpc) is 2.62. The number of imide groups is 1. The van der Waals surface area contributed by atoms with Crippen LogP contribution < -0.4 is 10.6 Å². The molecular weight excluding hydrogens is 336 g/mol. The number of nitrogens with zero attached hydrogens (tertiary/aromatic N) is 2. The van der Waals surface area contributed by atoms with Gasteiger partial charge in [-0.3, -0.25) is 19.5 Å². The Kier molecular flexibility index (Phi) is 8.31. The molecule has 2 amide bonds. The Labute approximate surface area is 153 Å². The van der Waals surface area contributed by atoms with Crippen LogP contribution in [0.1, 0.15) is 26.2 Å². The van der Waals surface area contributed by atoms with Gasteiger partial charge in [0.25, 0.3) is 0 Å². The van der Waals surface area contributed by atoms with Crippen molar-refractivity contribution in [2.75, 3.05) is 31.9 Å². The number of amides is 2. The number of aliphatic imine (C=N–C) groups is 1. The van der Waals surface area contributed by atoms with Crippen molar-refractivity contribution in [3.05, 3.63) is 30.3 Å². The maximum Gasteiger partial charge on any atom is 0.229 e. The summed E-state index contributed by atoms with van der Waals surface area (Å²) in [5, 5.41) is 6.46. The molecule has 7 heteroatoms. The average molecular weight is 362 g/mol. The molecule has 1 heterocycles. The molecule has 1 saturated heterocycles. The van der Waals surface area contributed by atoms with Crippen molar-refractivity contribution >= 4 is 29.5 Å². The van der Waals surface area contributed by atoms with Gasteiger partial charge in [-0.1, -0.05) is 18.2 Å². The Hall–Kier alpha value is -2.02. The molecule has 1 aliphatic rings. The molecule has 0 spiro atoms. The molecule has 1 aliphatic heterocycles. The van der Waals surface area contributed by atoms with E-state index in [9.17, 15) is 9.59 Å². The first kappa shape index (κ1) is 19.3. The molecule has 2 N–H and O–H groups in total. The third-order valence-electron chi connectivity index (χ3n) is 3.73. The van der Waals surface area contributed by atoms with Gasteiger partial charge in [0.2, 0.25) is 11.8 Å². The maximum absolute atomic E-state index is 11.8. The zero-order chi connectivity index (χ0) is 17.9. The number of guanidine groups is 1. The third kappa shape index (κ3) is 6.78. The normalized spacial score (nSPS) is 15.4. The molecule has 6 nitrogen and oxygen atoms in total. The van der Waals surface area contributed by atoms with Crippen molar-refractivity contribution in [2.45, 2.75) is 31.1 Å². The number of piperidine rings is 1. The first-order chi connectivity index (χ1) is 12.2. The van der Waals surface area contributed by atoms with E-state index in [2.05, 4.69) is 27.8 Å². The molecule has 136 valence electrons. The van der Waals surface area contributed by atoms with Crippen LogP contribution in [0.4, 0.5) is 0 Å². The predicted octanol–water partition coefficient (Wildman–Crippen LogP) is 1.87. The van der Waals surface area contributed by atoms with Crippen LogP contribution in [-0.2, 0) is 9.59 Å². The van der Waals surface area contributed by atoms with Gasteiger partial charge in [0.15, 0.2) is 5.96 Å². The highest BCUT2D eigenvalue weighted by Crippen LogP contribution is 2.15. The first-order valence-electron chi connectivity index (χ1n) is 8.74. The molecular formula is C18H26N4O2S. The van der Waals surface area contributed by atoms with Crippen molar-refractivity contribution < 1.29 is 9.59 Å². The molecule has 0 atom stereocenters. The number of benzene rings is 1. The summed E-state index contributed by atoms with van der Waals surface area (Å²) in [4.78, 5) is 30.6. The number of nitrogens with one attached hydrogen (secondary N) is 2. The Morgan fingerprint density at radius 3 is 2.56 bits per heavy atom. The summed E-state index contributed by atoms with van der Waals surface area (Å²) in [6, 6.07) is 10.3. The van der Waals surface area contributed by atoms with E-state index in [-0.39, 0.29) is 11.8 Å². The van der Waals surface area contributed by atoms with Gasteiger partial charge in [0.1, 0.15) is 0 Å². The van der Waals surface area contributed by atoms with Gasteiger partial charge in [0.05, 0.1) is 6.54 Å². The quantitative estimate of drug-likeness (QED) is 0.243. The largest absolute Gasteiger partial charge is 0.357 e. The lowest BCUT2D eigenvalue weighted by molar-refractivity contribution is -0.147. The Morgan fingerprint density at radius 2 is 1.88 bits per heavy atom. The second-order valence-corrected chi connectivity index (χ2v) is 6.81. The fraction of sp³-hybridized carbons (Fsp3) is 0.500. The van der Waals surface area contributed by atoms with Gasteiger partial charge in [-0.05, 0) is 25.5 Å². The van der Waals surface area contributed by atoms with Gasteiger partial charge in [0, 0.05) is 43.1 Å². The van der Waals surface area contributed by atoms with Gasteiger partial charge >= 0.3 is 0 Å². The number of rotatable bonds is 8. The third-order valence-corrected chi connectivity index (χ3v) is 4.74. The van der Waals surface area contributed by atoms with E-state index in [1.807, 2.05) is 25.1 Å². The van der Waals surface area contributed by atoms with Gasteiger partial charge in [-0.15, -0.1) is 11.8 Å². The van der Waals surface area contributed by atoms with Crippen LogP contribution in [0.5, 0.6) is 0 Å². The van der Waals surface area contributed by atoms with Crippen LogP contribution in [0.2, 0.25) is 0 Å². The molecule has 0 unspecified atom stereocenters. The van der Waals surface area contributed by atoms with Crippen LogP contribution in [0.3, 0.4) is 0 Å². The lowest BCUT2D eigenvalue weighted by Gasteiger charge is -2.24. The van der Waals surface area contributed by atoms with Crippen molar-refractivity contribution in [3.8, 4) is 0 Å².